The number of fused-ring (bicyclic) bond motifs is 2. The van der Waals surface area contributed by atoms with Gasteiger partial charge in [0.1, 0.15) is 5.82 Å². The fourth-order valence-electron chi connectivity index (χ4n) is 4.99. The SMILES string of the molecule is CC(=O)n1nc(CBr)c2ccccc21.CC(=O)n1nc(CN2CCN(c3ccc(F)cc3)CC2)c2ccccc21. The lowest BCUT2D eigenvalue weighted by Crippen LogP contribution is -2.46. The number of halogens is 2. The maximum absolute atomic E-state index is 13.1. The zero-order valence-electron chi connectivity index (χ0n) is 22.4. The van der Waals surface area contributed by atoms with E-state index in [0.29, 0.717) is 5.33 Å². The van der Waals surface area contributed by atoms with Crippen LogP contribution in [0, 0.1) is 5.82 Å². The number of nitrogens with zero attached hydrogens (tertiary/aromatic N) is 6. The van der Waals surface area contributed by atoms with Gasteiger partial charge >= 0.3 is 0 Å². The van der Waals surface area contributed by atoms with Gasteiger partial charge in [-0.05, 0) is 36.4 Å². The first kappa shape index (κ1) is 27.7. The van der Waals surface area contributed by atoms with Gasteiger partial charge in [-0.1, -0.05) is 52.3 Å². The number of benzene rings is 3. The molecular formula is C30H30BrFN6O2. The second kappa shape index (κ2) is 12.1. The number of alkyl halides is 1. The van der Waals surface area contributed by atoms with Crippen molar-refractivity contribution in [1.29, 1.82) is 0 Å². The van der Waals surface area contributed by atoms with E-state index in [4.69, 9.17) is 0 Å². The lowest BCUT2D eigenvalue weighted by molar-refractivity contribution is 0.0917. The molecule has 0 amide bonds. The highest BCUT2D eigenvalue weighted by molar-refractivity contribution is 9.08. The Labute approximate surface area is 240 Å². The summed E-state index contributed by atoms with van der Waals surface area (Å²) < 4.78 is 16.0. The van der Waals surface area contributed by atoms with Crippen molar-refractivity contribution >= 4 is 55.2 Å². The van der Waals surface area contributed by atoms with E-state index < -0.39 is 0 Å². The number of carbonyl (C=O) groups excluding carboxylic acids is 2. The number of hydrogen-bond donors (Lipinski definition) is 0. The Morgan fingerprint density at radius 1 is 0.750 bits per heavy atom. The maximum atomic E-state index is 13.1. The molecule has 0 aliphatic carbocycles. The van der Waals surface area contributed by atoms with Crippen LogP contribution >= 0.6 is 15.9 Å². The molecule has 1 aliphatic heterocycles. The highest BCUT2D eigenvalue weighted by Gasteiger charge is 2.20. The van der Waals surface area contributed by atoms with Crippen LogP contribution in [-0.4, -0.2) is 62.5 Å². The molecule has 0 atom stereocenters. The Bertz CT molecular complexity index is 1650. The topological polar surface area (TPSA) is 76.3 Å². The number of anilines is 1. The molecule has 0 saturated carbocycles. The van der Waals surface area contributed by atoms with Crippen molar-refractivity contribution < 1.29 is 14.0 Å². The molecule has 2 aromatic heterocycles. The van der Waals surface area contributed by atoms with Gasteiger partial charge < -0.3 is 4.90 Å². The molecule has 1 saturated heterocycles. The zero-order valence-corrected chi connectivity index (χ0v) is 24.0. The largest absolute Gasteiger partial charge is 0.369 e. The van der Waals surface area contributed by atoms with Gasteiger partial charge in [-0.15, -0.1) is 0 Å². The summed E-state index contributed by atoms with van der Waals surface area (Å²) in [4.78, 5) is 27.7. The van der Waals surface area contributed by atoms with Gasteiger partial charge in [0.25, 0.3) is 0 Å². The molecule has 3 aromatic carbocycles. The summed E-state index contributed by atoms with van der Waals surface area (Å²) in [7, 11) is 0. The molecule has 0 spiro atoms. The van der Waals surface area contributed by atoms with Gasteiger partial charge in [0.2, 0.25) is 11.8 Å². The van der Waals surface area contributed by atoms with Gasteiger partial charge in [0.05, 0.1) is 22.4 Å². The smallest absolute Gasteiger partial charge is 0.244 e. The van der Waals surface area contributed by atoms with Crippen LogP contribution in [0.15, 0.2) is 72.8 Å². The van der Waals surface area contributed by atoms with Crippen molar-refractivity contribution in [1.82, 2.24) is 24.5 Å². The maximum Gasteiger partial charge on any atom is 0.244 e. The van der Waals surface area contributed by atoms with Crippen molar-refractivity contribution in [2.24, 2.45) is 0 Å². The number of carbonyl (C=O) groups is 2. The number of piperazine rings is 1. The summed E-state index contributed by atoms with van der Waals surface area (Å²) in [6, 6.07) is 22.2. The highest BCUT2D eigenvalue weighted by atomic mass is 79.9. The van der Waals surface area contributed by atoms with Crippen LogP contribution in [0.5, 0.6) is 0 Å². The third-order valence-electron chi connectivity index (χ3n) is 6.99. The van der Waals surface area contributed by atoms with Crippen LogP contribution in [0.1, 0.15) is 34.8 Å². The van der Waals surface area contributed by atoms with Crippen LogP contribution in [-0.2, 0) is 11.9 Å². The standard InChI is InChI=1S/C20H21FN4O.C10H9BrN2O/c1-15(26)25-20-5-3-2-4-18(20)19(22-25)14-23-10-12-24(13-11-23)17-8-6-16(21)7-9-17;1-7(14)13-10-5-3-2-4-8(10)9(6-11)12-13/h2-9H,10-14H2,1H3;2-5H,6H2,1H3. The number of hydrogen-bond acceptors (Lipinski definition) is 6. The first-order valence-corrected chi connectivity index (χ1v) is 14.2. The molecule has 0 unspecified atom stereocenters. The Kier molecular flexibility index (Phi) is 8.37. The van der Waals surface area contributed by atoms with E-state index >= 15 is 0 Å². The molecule has 206 valence electrons. The van der Waals surface area contributed by atoms with Crippen molar-refractivity contribution in [3.8, 4) is 0 Å². The van der Waals surface area contributed by atoms with E-state index in [1.165, 1.54) is 35.3 Å². The van der Waals surface area contributed by atoms with E-state index in [1.807, 2.05) is 60.7 Å². The Balaban J connectivity index is 0.000000194. The van der Waals surface area contributed by atoms with E-state index in [1.54, 1.807) is 0 Å². The molecule has 0 N–H and O–H groups in total. The van der Waals surface area contributed by atoms with Gasteiger partial charge in [-0.25, -0.2) is 13.8 Å². The normalized spacial score (nSPS) is 13.8. The van der Waals surface area contributed by atoms with Crippen LogP contribution in [0.4, 0.5) is 10.1 Å². The predicted octanol–water partition coefficient (Wildman–Crippen LogP) is 5.75. The monoisotopic (exact) mass is 604 g/mol. The van der Waals surface area contributed by atoms with Gasteiger partial charge in [-0.3, -0.25) is 14.5 Å². The Hall–Kier alpha value is -3.89. The molecule has 6 rings (SSSR count). The van der Waals surface area contributed by atoms with Crippen LogP contribution in [0.3, 0.4) is 0 Å². The first-order chi connectivity index (χ1) is 19.4. The molecule has 1 aliphatic rings. The summed E-state index contributed by atoms with van der Waals surface area (Å²) in [6.45, 7) is 7.34. The number of aromatic nitrogens is 4. The summed E-state index contributed by atoms with van der Waals surface area (Å²) in [6.07, 6.45) is 0. The molecule has 8 nitrogen and oxygen atoms in total. The molecular weight excluding hydrogens is 575 g/mol. The summed E-state index contributed by atoms with van der Waals surface area (Å²) in [5, 5.41) is 11.5. The minimum atomic E-state index is -0.208. The first-order valence-electron chi connectivity index (χ1n) is 13.1. The molecule has 0 radical (unpaired) electrons. The Morgan fingerprint density at radius 2 is 1.25 bits per heavy atom. The van der Waals surface area contributed by atoms with Crippen molar-refractivity contribution in [2.45, 2.75) is 25.7 Å². The fourth-order valence-corrected chi connectivity index (χ4v) is 5.40. The number of rotatable bonds is 4. The average molecular weight is 606 g/mol. The summed E-state index contributed by atoms with van der Waals surface area (Å²) in [5.41, 5.74) is 4.62. The predicted molar refractivity (Wildman–Crippen MR) is 159 cm³/mol. The molecule has 3 heterocycles. The second-order valence-electron chi connectivity index (χ2n) is 9.66. The minimum absolute atomic E-state index is 0.0617. The third-order valence-corrected chi connectivity index (χ3v) is 7.52. The van der Waals surface area contributed by atoms with E-state index in [9.17, 15) is 14.0 Å². The molecule has 5 aromatic rings. The van der Waals surface area contributed by atoms with Crippen LogP contribution < -0.4 is 4.90 Å². The summed E-state index contributed by atoms with van der Waals surface area (Å²) in [5.74, 6) is -0.345. The minimum Gasteiger partial charge on any atom is -0.369 e. The van der Waals surface area contributed by atoms with Crippen LogP contribution in [0.25, 0.3) is 21.8 Å². The average Bonchev–Trinajstić information content (AvgIpc) is 3.53. The number of para-hydroxylation sites is 2. The third kappa shape index (κ3) is 5.83. The quantitative estimate of drug-likeness (QED) is 0.243. The highest BCUT2D eigenvalue weighted by Crippen LogP contribution is 2.22. The zero-order chi connectivity index (χ0) is 28.2. The second-order valence-corrected chi connectivity index (χ2v) is 10.2. The van der Waals surface area contributed by atoms with Gasteiger partial charge in [0, 0.05) is 68.4 Å². The van der Waals surface area contributed by atoms with Gasteiger partial charge in [-0.2, -0.15) is 10.2 Å². The lowest BCUT2D eigenvalue weighted by atomic mass is 10.2. The van der Waals surface area contributed by atoms with Crippen LogP contribution in [0.2, 0.25) is 0 Å². The fraction of sp³-hybridized carbons (Fsp3) is 0.267. The van der Waals surface area contributed by atoms with Crippen molar-refractivity contribution in [3.63, 3.8) is 0 Å². The van der Waals surface area contributed by atoms with E-state index in [0.717, 1.165) is 71.6 Å². The molecule has 1 fully saturated rings. The molecule has 40 heavy (non-hydrogen) atoms. The molecule has 0 bridgehead atoms. The molecule has 10 heteroatoms. The van der Waals surface area contributed by atoms with E-state index in [2.05, 4.69) is 35.9 Å². The van der Waals surface area contributed by atoms with E-state index in [-0.39, 0.29) is 17.6 Å². The van der Waals surface area contributed by atoms with Crippen molar-refractivity contribution in [2.75, 3.05) is 31.1 Å². The van der Waals surface area contributed by atoms with Gasteiger partial charge in [0.15, 0.2) is 0 Å². The Morgan fingerprint density at radius 3 is 1.77 bits per heavy atom. The van der Waals surface area contributed by atoms with Crippen molar-refractivity contribution in [3.05, 3.63) is 90.0 Å². The summed E-state index contributed by atoms with van der Waals surface area (Å²) >= 11 is 3.35. The lowest BCUT2D eigenvalue weighted by Gasteiger charge is -2.35.